The number of aryl methyl sites for hydroxylation is 6. The zero-order valence-electron chi connectivity index (χ0n) is 26.0. The van der Waals surface area contributed by atoms with Crippen molar-refractivity contribution < 1.29 is 46.7 Å². The smallest absolute Gasteiger partial charge is 0.459 e. The molecule has 10 nitrogen and oxygen atoms in total. The van der Waals surface area contributed by atoms with Crippen LogP contribution < -0.4 is 0 Å². The summed E-state index contributed by atoms with van der Waals surface area (Å²) in [6.45, 7) is 8.96. The second-order valence-electron chi connectivity index (χ2n) is 10.5. The average Bonchev–Trinajstić information content (AvgIpc) is 2.97. The number of carbonyl (C=O) groups excluding carboxylic acids is 3. The maximum Gasteiger partial charge on any atom is 0.476 e. The Bertz CT molecular complexity index is 1350. The summed E-state index contributed by atoms with van der Waals surface area (Å²) in [5.41, 5.74) is 8.39. The molecule has 3 aromatic rings. The van der Waals surface area contributed by atoms with Crippen LogP contribution in [0, 0.1) is 41.5 Å². The van der Waals surface area contributed by atoms with E-state index in [1.807, 2.05) is 96.1 Å². The van der Waals surface area contributed by atoms with Crippen molar-refractivity contribution in [3.8, 4) is 0 Å². The molecule has 0 saturated heterocycles. The summed E-state index contributed by atoms with van der Waals surface area (Å²) in [4.78, 5) is 37.2. The second-order valence-corrected chi connectivity index (χ2v) is 12.2. The van der Waals surface area contributed by atoms with Gasteiger partial charge >= 0.3 is 25.7 Å². The lowest BCUT2D eigenvalue weighted by Crippen LogP contribution is -2.19. The molecule has 0 aliphatic heterocycles. The van der Waals surface area contributed by atoms with Crippen molar-refractivity contribution in [3.63, 3.8) is 0 Å². The highest BCUT2D eigenvalue weighted by Gasteiger charge is 2.31. The third-order valence-electron chi connectivity index (χ3n) is 6.68. The molecule has 0 saturated carbocycles. The first kappa shape index (κ1) is 34.7. The second kappa shape index (κ2) is 16.3. The molecular formula is C33H39O10P. The van der Waals surface area contributed by atoms with Crippen molar-refractivity contribution in [2.24, 2.45) is 0 Å². The largest absolute Gasteiger partial charge is 0.476 e. The first-order chi connectivity index (χ1) is 20.8. The quantitative estimate of drug-likeness (QED) is 0.109. The minimum Gasteiger partial charge on any atom is -0.459 e. The minimum absolute atomic E-state index is 0.0319. The number of rotatable bonds is 15. The summed E-state index contributed by atoms with van der Waals surface area (Å²) in [6.07, 6.45) is 0. The highest BCUT2D eigenvalue weighted by Crippen LogP contribution is 2.49. The molecular weight excluding hydrogens is 587 g/mol. The van der Waals surface area contributed by atoms with E-state index in [1.54, 1.807) is 0 Å². The summed E-state index contributed by atoms with van der Waals surface area (Å²) >= 11 is 0. The molecule has 0 aliphatic rings. The lowest BCUT2D eigenvalue weighted by Gasteiger charge is -2.17. The highest BCUT2D eigenvalue weighted by molar-refractivity contribution is 7.48. The molecule has 3 rings (SSSR count). The molecule has 0 amide bonds. The van der Waals surface area contributed by atoms with E-state index in [9.17, 15) is 18.9 Å². The van der Waals surface area contributed by atoms with E-state index in [0.29, 0.717) is 0 Å². The molecule has 0 atom stereocenters. The Morgan fingerprint density at radius 2 is 0.773 bits per heavy atom. The third kappa shape index (κ3) is 11.4. The predicted octanol–water partition coefficient (Wildman–Crippen LogP) is 6.23. The summed E-state index contributed by atoms with van der Waals surface area (Å²) in [7, 11) is -4.62. The van der Waals surface area contributed by atoms with Crippen LogP contribution in [0.15, 0.2) is 54.6 Å². The molecule has 0 aliphatic carbocycles. The Kier molecular flexibility index (Phi) is 12.8. The van der Waals surface area contributed by atoms with E-state index in [2.05, 4.69) is 0 Å². The van der Waals surface area contributed by atoms with Crippen molar-refractivity contribution in [1.29, 1.82) is 0 Å². The molecule has 0 heterocycles. The number of phosphoric acid groups is 1. The lowest BCUT2D eigenvalue weighted by atomic mass is 10.1. The maximum atomic E-state index is 13.3. The number of benzene rings is 3. The van der Waals surface area contributed by atoms with Crippen LogP contribution in [-0.2, 0) is 66.6 Å². The summed E-state index contributed by atoms with van der Waals surface area (Å²) in [6, 6.07) is 17.0. The summed E-state index contributed by atoms with van der Waals surface area (Å²) in [5, 5.41) is 0. The molecule has 0 unspecified atom stereocenters. The molecule has 0 aromatic heterocycles. The van der Waals surface area contributed by atoms with Crippen LogP contribution >= 0.6 is 7.82 Å². The number of phosphoric ester groups is 1. The van der Waals surface area contributed by atoms with Gasteiger partial charge in [0.1, 0.15) is 19.8 Å². The standard InChI is InChI=1S/C33H39O10P/c1-22-7-10-28(25(4)13-22)16-38-31(34)19-41-44(37,42-20-32(35)39-17-29-11-8-23(2)14-26(29)5)43-21-33(36)40-18-30-12-9-24(3)15-27(30)6/h7-15H,16-21H2,1-6H3. The van der Waals surface area contributed by atoms with Gasteiger partial charge in [-0.05, 0) is 74.9 Å². The van der Waals surface area contributed by atoms with Gasteiger partial charge in [-0.3, -0.25) is 13.6 Å². The first-order valence-corrected chi connectivity index (χ1v) is 15.5. The van der Waals surface area contributed by atoms with Crippen LogP contribution in [0.1, 0.15) is 50.1 Å². The fraction of sp³-hybridized carbons (Fsp3) is 0.364. The predicted molar refractivity (Wildman–Crippen MR) is 163 cm³/mol. The molecule has 0 fully saturated rings. The van der Waals surface area contributed by atoms with E-state index < -0.39 is 45.6 Å². The van der Waals surface area contributed by atoms with E-state index in [0.717, 1.165) is 50.1 Å². The van der Waals surface area contributed by atoms with Crippen LogP contribution in [0.2, 0.25) is 0 Å². The van der Waals surface area contributed by atoms with Crippen molar-refractivity contribution in [3.05, 3.63) is 105 Å². The van der Waals surface area contributed by atoms with Crippen molar-refractivity contribution in [2.75, 3.05) is 19.8 Å². The lowest BCUT2D eigenvalue weighted by molar-refractivity contribution is -0.150. The van der Waals surface area contributed by atoms with E-state index >= 15 is 0 Å². The van der Waals surface area contributed by atoms with Gasteiger partial charge < -0.3 is 14.2 Å². The molecule has 44 heavy (non-hydrogen) atoms. The first-order valence-electron chi connectivity index (χ1n) is 14.0. The van der Waals surface area contributed by atoms with Gasteiger partial charge in [0.2, 0.25) is 0 Å². The Labute approximate surface area is 258 Å². The van der Waals surface area contributed by atoms with Gasteiger partial charge in [-0.15, -0.1) is 0 Å². The number of carbonyl (C=O) groups is 3. The highest BCUT2D eigenvalue weighted by atomic mass is 31.2. The number of esters is 3. The Morgan fingerprint density at radius 1 is 0.500 bits per heavy atom. The Balaban J connectivity index is 1.57. The van der Waals surface area contributed by atoms with Gasteiger partial charge in [0.15, 0.2) is 19.8 Å². The average molecular weight is 627 g/mol. The fourth-order valence-electron chi connectivity index (χ4n) is 4.13. The zero-order valence-corrected chi connectivity index (χ0v) is 26.9. The van der Waals surface area contributed by atoms with E-state index in [-0.39, 0.29) is 19.8 Å². The molecule has 0 bridgehead atoms. The Hall–Kier alpha value is -3.82. The van der Waals surface area contributed by atoms with Gasteiger partial charge in [0.25, 0.3) is 0 Å². The van der Waals surface area contributed by atoms with Crippen molar-refractivity contribution in [1.82, 2.24) is 0 Å². The minimum atomic E-state index is -4.62. The number of ether oxygens (including phenoxy) is 3. The molecule has 3 aromatic carbocycles. The van der Waals surface area contributed by atoms with Crippen LogP contribution in [0.3, 0.4) is 0 Å². The van der Waals surface area contributed by atoms with Crippen LogP contribution in [0.5, 0.6) is 0 Å². The zero-order chi connectivity index (χ0) is 32.3. The van der Waals surface area contributed by atoms with Crippen LogP contribution in [-0.4, -0.2) is 37.7 Å². The normalized spacial score (nSPS) is 11.2. The SMILES string of the molecule is Cc1ccc(COC(=O)COP(=O)(OCC(=O)OCc2ccc(C)cc2C)OCC(=O)OCc2ccc(C)cc2C)c(C)c1. The summed E-state index contributed by atoms with van der Waals surface area (Å²) in [5.74, 6) is -2.56. The summed E-state index contributed by atoms with van der Waals surface area (Å²) < 4.78 is 44.4. The third-order valence-corrected chi connectivity index (χ3v) is 8.02. The number of hydrogen-bond donors (Lipinski definition) is 0. The monoisotopic (exact) mass is 626 g/mol. The number of hydrogen-bond acceptors (Lipinski definition) is 10. The maximum absolute atomic E-state index is 13.3. The Morgan fingerprint density at radius 3 is 1.02 bits per heavy atom. The van der Waals surface area contributed by atoms with Crippen LogP contribution in [0.4, 0.5) is 0 Å². The molecule has 0 N–H and O–H groups in total. The van der Waals surface area contributed by atoms with E-state index in [4.69, 9.17) is 27.8 Å². The molecule has 236 valence electrons. The van der Waals surface area contributed by atoms with Gasteiger partial charge in [0, 0.05) is 0 Å². The molecule has 11 heteroatoms. The van der Waals surface area contributed by atoms with Gasteiger partial charge in [-0.25, -0.2) is 18.9 Å². The van der Waals surface area contributed by atoms with Gasteiger partial charge in [0.05, 0.1) is 0 Å². The van der Waals surface area contributed by atoms with Gasteiger partial charge in [-0.1, -0.05) is 71.3 Å². The topological polar surface area (TPSA) is 124 Å². The fourth-order valence-corrected chi connectivity index (χ4v) is 5.14. The van der Waals surface area contributed by atoms with Crippen LogP contribution in [0.25, 0.3) is 0 Å². The van der Waals surface area contributed by atoms with Gasteiger partial charge in [-0.2, -0.15) is 0 Å². The van der Waals surface area contributed by atoms with Crippen molar-refractivity contribution in [2.45, 2.75) is 61.4 Å². The molecule has 0 spiro atoms. The molecule has 0 radical (unpaired) electrons. The van der Waals surface area contributed by atoms with E-state index in [1.165, 1.54) is 0 Å². The van der Waals surface area contributed by atoms with Crippen molar-refractivity contribution >= 4 is 25.7 Å².